The second-order valence-corrected chi connectivity index (χ2v) is 10.5. The SMILES string of the molecule is CN(CCCC[C@H]1C(=O)N(C)CCCCCOc2ccccc2C(=O)N1C)C(=O)C1CCC(F)(F)CC1. The maximum atomic E-state index is 13.4. The highest BCUT2D eigenvalue weighted by atomic mass is 19.3. The number of benzene rings is 1. The molecule has 0 saturated heterocycles. The van der Waals surface area contributed by atoms with E-state index >= 15 is 0 Å². The van der Waals surface area contributed by atoms with Gasteiger partial charge in [-0.2, -0.15) is 0 Å². The molecule has 1 aromatic carbocycles. The number of ether oxygens (including phenoxy) is 1. The Kier molecular flexibility index (Phi) is 10.3. The normalized spacial score (nSPS) is 21.8. The second-order valence-electron chi connectivity index (χ2n) is 10.5. The second kappa shape index (κ2) is 13.2. The third-order valence-corrected chi connectivity index (χ3v) is 7.63. The summed E-state index contributed by atoms with van der Waals surface area (Å²) >= 11 is 0. The smallest absolute Gasteiger partial charge is 0.258 e. The molecule has 1 saturated carbocycles. The summed E-state index contributed by atoms with van der Waals surface area (Å²) < 4.78 is 32.8. The minimum atomic E-state index is -2.65. The van der Waals surface area contributed by atoms with Gasteiger partial charge in [0.2, 0.25) is 17.7 Å². The maximum absolute atomic E-state index is 13.4. The van der Waals surface area contributed by atoms with Crippen molar-refractivity contribution in [1.29, 1.82) is 0 Å². The van der Waals surface area contributed by atoms with Crippen molar-refractivity contribution in [2.45, 2.75) is 76.2 Å². The number of likely N-dealkylation sites (N-methyl/N-ethyl adjacent to an activating group) is 2. The van der Waals surface area contributed by atoms with E-state index in [0.29, 0.717) is 50.3 Å². The van der Waals surface area contributed by atoms with Crippen molar-refractivity contribution in [1.82, 2.24) is 14.7 Å². The molecule has 0 spiro atoms. The average Bonchev–Trinajstić information content (AvgIpc) is 2.89. The van der Waals surface area contributed by atoms with Gasteiger partial charge in [0.1, 0.15) is 11.8 Å². The molecule has 7 nitrogen and oxygen atoms in total. The summed E-state index contributed by atoms with van der Waals surface area (Å²) in [5, 5.41) is 0. The molecule has 1 aromatic rings. The first-order valence-electron chi connectivity index (χ1n) is 13.5. The monoisotopic (exact) mass is 521 g/mol. The van der Waals surface area contributed by atoms with Crippen LogP contribution in [0.2, 0.25) is 0 Å². The molecule has 9 heteroatoms. The summed E-state index contributed by atoms with van der Waals surface area (Å²) in [6.07, 6.45) is 4.36. The molecule has 3 amide bonds. The van der Waals surface area contributed by atoms with Crippen LogP contribution in [0.5, 0.6) is 5.75 Å². The standard InChI is InChI=1S/C28H41F2N3O4/c1-31(25(34)21-14-16-28(29,30)17-15-21)19-9-7-12-23-27(36)32(2)18-8-4-10-20-37-24-13-6-5-11-22(24)26(35)33(23)3/h5-6,11,13,21,23H,4,7-10,12,14-20H2,1-3H3/t23-/m0/s1. The number of fused-ring (bicyclic) bond motifs is 1. The van der Waals surface area contributed by atoms with Crippen molar-refractivity contribution >= 4 is 17.7 Å². The Bertz CT molecular complexity index is 932. The lowest BCUT2D eigenvalue weighted by Gasteiger charge is -2.32. The number of hydrogen-bond acceptors (Lipinski definition) is 4. The summed E-state index contributed by atoms with van der Waals surface area (Å²) in [6.45, 7) is 1.61. The van der Waals surface area contributed by atoms with Gasteiger partial charge in [-0.15, -0.1) is 0 Å². The van der Waals surface area contributed by atoms with Crippen LogP contribution >= 0.6 is 0 Å². The van der Waals surface area contributed by atoms with E-state index in [2.05, 4.69) is 0 Å². The van der Waals surface area contributed by atoms with Crippen LogP contribution in [0, 0.1) is 5.92 Å². The Hall–Kier alpha value is -2.71. The number of para-hydroxylation sites is 1. The lowest BCUT2D eigenvalue weighted by molar-refractivity contribution is -0.138. The van der Waals surface area contributed by atoms with E-state index in [0.717, 1.165) is 19.3 Å². The lowest BCUT2D eigenvalue weighted by Crippen LogP contribution is -2.48. The Balaban J connectivity index is 1.62. The first-order valence-corrected chi connectivity index (χ1v) is 13.5. The van der Waals surface area contributed by atoms with E-state index in [1.165, 1.54) is 4.90 Å². The number of hydrogen-bond donors (Lipinski definition) is 0. The molecule has 1 aliphatic heterocycles. The number of carbonyl (C=O) groups excluding carboxylic acids is 3. The number of unbranched alkanes of at least 4 members (excludes halogenated alkanes) is 1. The van der Waals surface area contributed by atoms with Gasteiger partial charge in [0.15, 0.2) is 0 Å². The van der Waals surface area contributed by atoms with Crippen LogP contribution in [0.4, 0.5) is 8.78 Å². The quantitative estimate of drug-likeness (QED) is 0.513. The van der Waals surface area contributed by atoms with Gasteiger partial charge in [-0.25, -0.2) is 8.78 Å². The van der Waals surface area contributed by atoms with Gasteiger partial charge < -0.3 is 19.4 Å². The Morgan fingerprint density at radius 2 is 1.78 bits per heavy atom. The zero-order valence-electron chi connectivity index (χ0n) is 22.4. The minimum Gasteiger partial charge on any atom is -0.493 e. The Morgan fingerprint density at radius 1 is 1.08 bits per heavy atom. The molecule has 1 heterocycles. The zero-order chi connectivity index (χ0) is 27.0. The predicted molar refractivity (Wildman–Crippen MR) is 138 cm³/mol. The average molecular weight is 522 g/mol. The molecule has 0 unspecified atom stereocenters. The van der Waals surface area contributed by atoms with Gasteiger partial charge in [-0.1, -0.05) is 12.1 Å². The fourth-order valence-corrected chi connectivity index (χ4v) is 5.15. The third-order valence-electron chi connectivity index (χ3n) is 7.63. The number of rotatable bonds is 6. The molecule has 3 rings (SSSR count). The molecule has 1 aliphatic carbocycles. The van der Waals surface area contributed by atoms with E-state index in [1.807, 2.05) is 6.07 Å². The van der Waals surface area contributed by atoms with Crippen LogP contribution in [0.25, 0.3) is 0 Å². The molecular weight excluding hydrogens is 480 g/mol. The highest BCUT2D eigenvalue weighted by Gasteiger charge is 2.38. The number of amides is 3. The summed E-state index contributed by atoms with van der Waals surface area (Å²) in [5.41, 5.74) is 0.438. The molecule has 206 valence electrons. The number of carbonyl (C=O) groups is 3. The summed E-state index contributed by atoms with van der Waals surface area (Å²) in [6, 6.07) is 6.49. The van der Waals surface area contributed by atoms with Gasteiger partial charge >= 0.3 is 0 Å². The maximum Gasteiger partial charge on any atom is 0.258 e. The van der Waals surface area contributed by atoms with Crippen molar-refractivity contribution in [2.75, 3.05) is 40.8 Å². The highest BCUT2D eigenvalue weighted by Crippen LogP contribution is 2.36. The van der Waals surface area contributed by atoms with Crippen LogP contribution in [0.15, 0.2) is 24.3 Å². The van der Waals surface area contributed by atoms with Gasteiger partial charge in [0.05, 0.1) is 12.2 Å². The van der Waals surface area contributed by atoms with Crippen LogP contribution in [-0.4, -0.2) is 85.2 Å². The Morgan fingerprint density at radius 3 is 2.51 bits per heavy atom. The third kappa shape index (κ3) is 7.89. The first-order chi connectivity index (χ1) is 17.6. The van der Waals surface area contributed by atoms with E-state index in [9.17, 15) is 23.2 Å². The van der Waals surface area contributed by atoms with E-state index in [1.54, 1.807) is 49.1 Å². The van der Waals surface area contributed by atoms with Crippen molar-refractivity contribution in [3.8, 4) is 5.75 Å². The van der Waals surface area contributed by atoms with E-state index < -0.39 is 12.0 Å². The fourth-order valence-electron chi connectivity index (χ4n) is 5.15. The van der Waals surface area contributed by atoms with Crippen molar-refractivity contribution in [3.05, 3.63) is 29.8 Å². The van der Waals surface area contributed by atoms with Gasteiger partial charge in [0, 0.05) is 53.0 Å². The predicted octanol–water partition coefficient (Wildman–Crippen LogP) is 4.60. The van der Waals surface area contributed by atoms with Crippen LogP contribution in [0.3, 0.4) is 0 Å². The number of halogens is 2. The highest BCUT2D eigenvalue weighted by molar-refractivity contribution is 5.99. The Labute approximate surface area is 219 Å². The van der Waals surface area contributed by atoms with Crippen LogP contribution < -0.4 is 4.74 Å². The summed E-state index contributed by atoms with van der Waals surface area (Å²) in [5.74, 6) is -2.92. The fraction of sp³-hybridized carbons (Fsp3) is 0.679. The molecule has 0 bridgehead atoms. The summed E-state index contributed by atoms with van der Waals surface area (Å²) in [4.78, 5) is 44.3. The van der Waals surface area contributed by atoms with Gasteiger partial charge in [0.25, 0.3) is 5.91 Å². The molecule has 37 heavy (non-hydrogen) atoms. The molecule has 1 atom stereocenters. The molecular formula is C28H41F2N3O4. The van der Waals surface area contributed by atoms with Crippen LogP contribution in [-0.2, 0) is 9.59 Å². The lowest BCUT2D eigenvalue weighted by atomic mass is 9.86. The number of alkyl halides is 2. The van der Waals surface area contributed by atoms with Gasteiger partial charge in [-0.3, -0.25) is 14.4 Å². The topological polar surface area (TPSA) is 70.2 Å². The van der Waals surface area contributed by atoms with Gasteiger partial charge in [-0.05, 0) is 63.5 Å². The van der Waals surface area contributed by atoms with Crippen molar-refractivity contribution < 1.29 is 27.9 Å². The molecule has 1 fully saturated rings. The van der Waals surface area contributed by atoms with E-state index in [-0.39, 0.29) is 49.3 Å². The largest absolute Gasteiger partial charge is 0.493 e. The van der Waals surface area contributed by atoms with Crippen molar-refractivity contribution in [2.24, 2.45) is 5.92 Å². The summed E-state index contributed by atoms with van der Waals surface area (Å²) in [7, 11) is 5.14. The molecule has 0 aromatic heterocycles. The van der Waals surface area contributed by atoms with Crippen LogP contribution in [0.1, 0.15) is 74.6 Å². The molecule has 2 aliphatic rings. The molecule has 0 N–H and O–H groups in total. The first kappa shape index (κ1) is 28.9. The number of nitrogens with zero attached hydrogens (tertiary/aromatic N) is 3. The minimum absolute atomic E-state index is 0.0858. The zero-order valence-corrected chi connectivity index (χ0v) is 22.4. The van der Waals surface area contributed by atoms with E-state index in [4.69, 9.17) is 4.74 Å². The van der Waals surface area contributed by atoms with Crippen molar-refractivity contribution in [3.63, 3.8) is 0 Å². The molecule has 0 radical (unpaired) electrons.